The molecule has 0 saturated carbocycles. The van der Waals surface area contributed by atoms with Gasteiger partial charge in [0.2, 0.25) is 0 Å². The first-order chi connectivity index (χ1) is 13.2. The smallest absolute Gasteiger partial charge is 0.146 e. The Morgan fingerprint density at radius 2 is 2.11 bits per heavy atom. The van der Waals surface area contributed by atoms with Gasteiger partial charge in [-0.15, -0.1) is 6.58 Å². The van der Waals surface area contributed by atoms with E-state index in [2.05, 4.69) is 41.6 Å². The maximum absolute atomic E-state index is 6.21. The zero-order chi connectivity index (χ0) is 18.8. The number of benzene rings is 1. The summed E-state index contributed by atoms with van der Waals surface area (Å²) in [5, 5.41) is 1.90. The molecule has 0 bridgehead atoms. The molecule has 0 aliphatic carbocycles. The van der Waals surface area contributed by atoms with Gasteiger partial charge in [-0.2, -0.15) is 0 Å². The van der Waals surface area contributed by atoms with Crippen molar-refractivity contribution in [3.8, 4) is 11.1 Å². The number of rotatable bonds is 6. The second-order valence-electron chi connectivity index (χ2n) is 6.35. The van der Waals surface area contributed by atoms with E-state index in [1.54, 1.807) is 0 Å². The van der Waals surface area contributed by atoms with Crippen molar-refractivity contribution in [2.24, 2.45) is 0 Å². The van der Waals surface area contributed by atoms with Gasteiger partial charge in [0, 0.05) is 38.4 Å². The largest absolute Gasteiger partial charge is 0.383 e. The molecule has 0 amide bonds. The first-order valence-corrected chi connectivity index (χ1v) is 9.09. The Balaban J connectivity index is 1.88. The van der Waals surface area contributed by atoms with Crippen LogP contribution in [0.4, 0.5) is 5.82 Å². The highest BCUT2D eigenvalue weighted by molar-refractivity contribution is 7.09. The highest BCUT2D eigenvalue weighted by atomic mass is 31.0. The lowest BCUT2D eigenvalue weighted by Crippen LogP contribution is -2.15. The van der Waals surface area contributed by atoms with Crippen LogP contribution in [0.5, 0.6) is 0 Å². The molecule has 3 aromatic heterocycles. The Kier molecular flexibility index (Phi) is 4.84. The molecule has 7 heteroatoms. The molecule has 3 heterocycles. The van der Waals surface area contributed by atoms with E-state index in [0.29, 0.717) is 12.4 Å². The summed E-state index contributed by atoms with van der Waals surface area (Å²) < 4.78 is 7.54. The predicted octanol–water partition coefficient (Wildman–Crippen LogP) is 3.98. The zero-order valence-electron chi connectivity index (χ0n) is 14.7. The van der Waals surface area contributed by atoms with Crippen molar-refractivity contribution < 1.29 is 4.52 Å². The van der Waals surface area contributed by atoms with Crippen LogP contribution in [-0.4, -0.2) is 25.6 Å². The molecule has 6 nitrogen and oxygen atoms in total. The van der Waals surface area contributed by atoms with Crippen LogP contribution in [0.3, 0.4) is 0 Å². The average molecular weight is 377 g/mol. The first-order valence-electron chi connectivity index (χ1n) is 8.62. The number of para-hydroxylation sites is 1. The van der Waals surface area contributed by atoms with E-state index in [4.69, 9.17) is 10.3 Å². The van der Waals surface area contributed by atoms with Crippen molar-refractivity contribution in [1.82, 2.24) is 19.5 Å². The van der Waals surface area contributed by atoms with Crippen LogP contribution in [0.15, 0.2) is 61.7 Å². The van der Waals surface area contributed by atoms with Crippen molar-refractivity contribution >= 4 is 37.2 Å². The maximum Gasteiger partial charge on any atom is 0.146 e. The van der Waals surface area contributed by atoms with Gasteiger partial charge in [-0.3, -0.25) is 4.98 Å². The summed E-state index contributed by atoms with van der Waals surface area (Å²) in [6.07, 6.45) is 7.94. The van der Waals surface area contributed by atoms with Crippen LogP contribution in [0.25, 0.3) is 33.1 Å². The molecular weight excluding hydrogens is 357 g/mol. The summed E-state index contributed by atoms with van der Waals surface area (Å²) in [5.74, 6) is 0.453. The minimum Gasteiger partial charge on any atom is -0.383 e. The quantitative estimate of drug-likeness (QED) is 0.406. The molecule has 0 saturated heterocycles. The van der Waals surface area contributed by atoms with Crippen LogP contribution in [0, 0.1) is 0 Å². The van der Waals surface area contributed by atoms with Crippen LogP contribution < -0.4 is 5.73 Å². The number of aromatic nitrogens is 4. The Bertz CT molecular complexity index is 1120. The van der Waals surface area contributed by atoms with E-state index >= 15 is 0 Å². The van der Waals surface area contributed by atoms with Crippen LogP contribution in [0.2, 0.25) is 0 Å². The fraction of sp³-hybridized carbons (Fsp3) is 0.150. The molecule has 0 aliphatic heterocycles. The Labute approximate surface area is 159 Å². The number of fused-ring (bicyclic) bond motifs is 2. The van der Waals surface area contributed by atoms with Crippen LogP contribution in [0.1, 0.15) is 6.42 Å². The van der Waals surface area contributed by atoms with Gasteiger partial charge in [0.15, 0.2) is 0 Å². The molecule has 0 aliphatic rings. The summed E-state index contributed by atoms with van der Waals surface area (Å²) in [6.45, 7) is 4.42. The lowest BCUT2D eigenvalue weighted by molar-refractivity contribution is 0.219. The van der Waals surface area contributed by atoms with Crippen molar-refractivity contribution in [2.75, 3.05) is 5.73 Å². The standard InChI is InChI=1S/C20H20N5OP/c1-2-5-15(26-27)10-25-11-16(18-19(21)23-12-24-20(18)25)14-8-13-6-3-4-7-17(13)22-9-14/h2-4,6-9,11-12,15H,1,5,10,27H2,(H2,21,23,24). The molecule has 0 fully saturated rings. The fourth-order valence-corrected chi connectivity index (χ4v) is 3.50. The Hall–Kier alpha value is -2.82. The Morgan fingerprint density at radius 1 is 1.26 bits per heavy atom. The molecule has 2 unspecified atom stereocenters. The predicted molar refractivity (Wildman–Crippen MR) is 112 cm³/mol. The molecule has 2 atom stereocenters. The lowest BCUT2D eigenvalue weighted by atomic mass is 10.1. The molecule has 4 rings (SSSR count). The van der Waals surface area contributed by atoms with E-state index in [1.807, 2.05) is 42.7 Å². The van der Waals surface area contributed by atoms with Crippen molar-refractivity contribution in [3.05, 3.63) is 61.7 Å². The van der Waals surface area contributed by atoms with E-state index in [9.17, 15) is 0 Å². The summed E-state index contributed by atoms with van der Waals surface area (Å²) in [7, 11) is 2.33. The maximum atomic E-state index is 6.21. The summed E-state index contributed by atoms with van der Waals surface area (Å²) in [6, 6.07) is 10.1. The molecule has 0 spiro atoms. The summed E-state index contributed by atoms with van der Waals surface area (Å²) in [4.78, 5) is 13.2. The second-order valence-corrected chi connectivity index (χ2v) is 6.62. The van der Waals surface area contributed by atoms with Crippen molar-refractivity contribution in [1.29, 1.82) is 0 Å². The van der Waals surface area contributed by atoms with Gasteiger partial charge in [-0.05, 0) is 18.6 Å². The number of anilines is 1. The first kappa shape index (κ1) is 17.6. The second kappa shape index (κ2) is 7.43. The van der Waals surface area contributed by atoms with Gasteiger partial charge >= 0.3 is 0 Å². The normalized spacial score (nSPS) is 12.5. The number of hydrogen-bond donors (Lipinski definition) is 1. The van der Waals surface area contributed by atoms with Crippen LogP contribution >= 0.6 is 9.47 Å². The SMILES string of the molecule is C=CCC(Cn1cc(-c2cnc3ccccc3c2)c2c(N)ncnc21)OP. The summed E-state index contributed by atoms with van der Waals surface area (Å²) >= 11 is 0. The van der Waals surface area contributed by atoms with E-state index < -0.39 is 0 Å². The molecule has 2 N–H and O–H groups in total. The van der Waals surface area contributed by atoms with Crippen molar-refractivity contribution in [2.45, 2.75) is 19.1 Å². The molecule has 27 heavy (non-hydrogen) atoms. The number of nitrogens with zero attached hydrogens (tertiary/aromatic N) is 4. The highest BCUT2D eigenvalue weighted by Gasteiger charge is 2.17. The zero-order valence-corrected chi connectivity index (χ0v) is 15.9. The van der Waals surface area contributed by atoms with E-state index in [-0.39, 0.29) is 6.10 Å². The molecule has 4 aromatic rings. The van der Waals surface area contributed by atoms with E-state index in [1.165, 1.54) is 6.33 Å². The monoisotopic (exact) mass is 377 g/mol. The average Bonchev–Trinajstić information content (AvgIpc) is 3.07. The Morgan fingerprint density at radius 3 is 2.93 bits per heavy atom. The lowest BCUT2D eigenvalue weighted by Gasteiger charge is -2.14. The number of nitrogens with two attached hydrogens (primary N) is 1. The van der Waals surface area contributed by atoms with Gasteiger partial charge in [-0.1, -0.05) is 24.3 Å². The summed E-state index contributed by atoms with van der Waals surface area (Å²) in [5.41, 5.74) is 9.88. The minimum absolute atomic E-state index is 0.0260. The third-order valence-corrected chi connectivity index (χ3v) is 4.99. The van der Waals surface area contributed by atoms with Crippen LogP contribution in [-0.2, 0) is 11.1 Å². The van der Waals surface area contributed by atoms with Gasteiger partial charge in [0.25, 0.3) is 0 Å². The third-order valence-electron chi connectivity index (χ3n) is 4.61. The van der Waals surface area contributed by atoms with Gasteiger partial charge in [-0.25, -0.2) is 9.97 Å². The minimum atomic E-state index is -0.0260. The van der Waals surface area contributed by atoms with Gasteiger partial charge < -0.3 is 14.8 Å². The molecule has 0 radical (unpaired) electrons. The number of pyridine rings is 1. The highest BCUT2D eigenvalue weighted by Crippen LogP contribution is 2.33. The molecular formula is C20H20N5OP. The topological polar surface area (TPSA) is 78.9 Å². The van der Waals surface area contributed by atoms with Crippen molar-refractivity contribution in [3.63, 3.8) is 0 Å². The van der Waals surface area contributed by atoms with Gasteiger partial charge in [0.1, 0.15) is 17.8 Å². The molecule has 1 aromatic carbocycles. The molecule has 136 valence electrons. The van der Waals surface area contributed by atoms with Gasteiger partial charge in [0.05, 0.1) is 23.6 Å². The fourth-order valence-electron chi connectivity index (χ4n) is 3.30. The van der Waals surface area contributed by atoms with E-state index in [0.717, 1.165) is 39.5 Å². The number of hydrogen-bond acceptors (Lipinski definition) is 5. The number of nitrogen functional groups attached to an aromatic ring is 1. The third kappa shape index (κ3) is 3.29.